The van der Waals surface area contributed by atoms with Crippen LogP contribution in [0.2, 0.25) is 0 Å². The van der Waals surface area contributed by atoms with Crippen LogP contribution in [0, 0.1) is 24.1 Å². The second kappa shape index (κ2) is 8.18. The SMILES string of the molecule is Cc1c(C=C(C#N)C(=O)c2ccccc2)c2ccccc2n1Cc1ccccc1F. The fourth-order valence-electron chi connectivity index (χ4n) is 3.68. The van der Waals surface area contributed by atoms with Crippen molar-refractivity contribution in [1.29, 1.82) is 5.26 Å². The molecule has 0 saturated heterocycles. The topological polar surface area (TPSA) is 45.8 Å². The van der Waals surface area contributed by atoms with Crippen LogP contribution >= 0.6 is 0 Å². The number of Topliss-reactive ketones (excluding diaryl/α,β-unsaturated/α-hetero) is 1. The van der Waals surface area contributed by atoms with Crippen LogP contribution in [0.15, 0.2) is 84.4 Å². The summed E-state index contributed by atoms with van der Waals surface area (Å²) in [6.07, 6.45) is 1.64. The van der Waals surface area contributed by atoms with E-state index < -0.39 is 0 Å². The fourth-order valence-corrected chi connectivity index (χ4v) is 3.68. The molecule has 0 bridgehead atoms. The number of nitriles is 1. The first-order valence-corrected chi connectivity index (χ1v) is 9.63. The summed E-state index contributed by atoms with van der Waals surface area (Å²) in [6.45, 7) is 2.29. The zero-order valence-corrected chi connectivity index (χ0v) is 16.5. The highest BCUT2D eigenvalue weighted by molar-refractivity contribution is 6.15. The van der Waals surface area contributed by atoms with Gasteiger partial charge in [-0.1, -0.05) is 66.7 Å². The molecule has 4 rings (SSSR count). The van der Waals surface area contributed by atoms with Gasteiger partial charge in [0.05, 0.1) is 6.54 Å². The first-order valence-electron chi connectivity index (χ1n) is 9.63. The molecule has 3 aromatic carbocycles. The molecule has 0 aliphatic carbocycles. The lowest BCUT2D eigenvalue weighted by Crippen LogP contribution is -2.04. The maximum atomic E-state index is 14.3. The largest absolute Gasteiger partial charge is 0.340 e. The Morgan fingerprint density at radius 3 is 2.40 bits per heavy atom. The lowest BCUT2D eigenvalue weighted by atomic mass is 10.0. The van der Waals surface area contributed by atoms with Gasteiger partial charge in [-0.3, -0.25) is 4.79 Å². The van der Waals surface area contributed by atoms with Gasteiger partial charge >= 0.3 is 0 Å². The Morgan fingerprint density at radius 2 is 1.67 bits per heavy atom. The van der Waals surface area contributed by atoms with Crippen molar-refractivity contribution < 1.29 is 9.18 Å². The van der Waals surface area contributed by atoms with Crippen LogP contribution in [-0.2, 0) is 6.54 Å². The van der Waals surface area contributed by atoms with Crippen molar-refractivity contribution in [1.82, 2.24) is 4.57 Å². The molecule has 0 radical (unpaired) electrons. The number of benzene rings is 3. The molecule has 1 aromatic heterocycles. The van der Waals surface area contributed by atoms with Gasteiger partial charge in [0.2, 0.25) is 5.78 Å². The smallest absolute Gasteiger partial charge is 0.203 e. The number of hydrogen-bond donors (Lipinski definition) is 0. The molecule has 0 unspecified atom stereocenters. The van der Waals surface area contributed by atoms with Crippen LogP contribution in [0.5, 0.6) is 0 Å². The number of halogens is 1. The van der Waals surface area contributed by atoms with Gasteiger partial charge in [-0.2, -0.15) is 5.26 Å². The number of allylic oxidation sites excluding steroid dienone is 1. The Balaban J connectivity index is 1.85. The van der Waals surface area contributed by atoms with Crippen LogP contribution in [0.25, 0.3) is 17.0 Å². The highest BCUT2D eigenvalue weighted by atomic mass is 19.1. The number of aromatic nitrogens is 1. The number of rotatable bonds is 5. The summed E-state index contributed by atoms with van der Waals surface area (Å²) in [4.78, 5) is 12.8. The maximum Gasteiger partial charge on any atom is 0.203 e. The Bertz CT molecular complexity index is 1310. The summed E-state index contributed by atoms with van der Waals surface area (Å²) >= 11 is 0. The second-order valence-corrected chi connectivity index (χ2v) is 7.06. The van der Waals surface area contributed by atoms with Crippen LogP contribution in [0.3, 0.4) is 0 Å². The minimum Gasteiger partial charge on any atom is -0.340 e. The summed E-state index contributed by atoms with van der Waals surface area (Å²) in [6, 6.07) is 25.3. The number of carbonyl (C=O) groups excluding carboxylic acids is 1. The van der Waals surface area contributed by atoms with E-state index >= 15 is 0 Å². The molecule has 0 amide bonds. The summed E-state index contributed by atoms with van der Waals surface area (Å²) < 4.78 is 16.3. The number of carbonyl (C=O) groups is 1. The molecule has 0 fully saturated rings. The van der Waals surface area contributed by atoms with E-state index in [4.69, 9.17) is 0 Å². The van der Waals surface area contributed by atoms with Crippen LogP contribution in [0.1, 0.15) is 27.2 Å². The maximum absolute atomic E-state index is 14.3. The quantitative estimate of drug-likeness (QED) is 0.239. The average molecular weight is 394 g/mol. The molecule has 146 valence electrons. The molecular weight excluding hydrogens is 375 g/mol. The molecule has 0 atom stereocenters. The van der Waals surface area contributed by atoms with Gasteiger partial charge in [-0.05, 0) is 25.1 Å². The highest BCUT2D eigenvalue weighted by Crippen LogP contribution is 2.29. The van der Waals surface area contributed by atoms with E-state index in [9.17, 15) is 14.4 Å². The molecule has 30 heavy (non-hydrogen) atoms. The van der Waals surface area contributed by atoms with Crippen molar-refractivity contribution in [3.05, 3.63) is 113 Å². The zero-order valence-electron chi connectivity index (χ0n) is 16.5. The molecule has 4 aromatic rings. The number of ketones is 1. The van der Waals surface area contributed by atoms with E-state index in [-0.39, 0.29) is 17.2 Å². The minimum absolute atomic E-state index is 0.0677. The van der Waals surface area contributed by atoms with Gasteiger partial charge in [0.25, 0.3) is 0 Å². The van der Waals surface area contributed by atoms with Crippen molar-refractivity contribution in [3.63, 3.8) is 0 Å². The van der Waals surface area contributed by atoms with Gasteiger partial charge in [-0.25, -0.2) is 4.39 Å². The Kier molecular flexibility index (Phi) is 5.28. The van der Waals surface area contributed by atoms with Gasteiger partial charge in [0.15, 0.2) is 0 Å². The summed E-state index contributed by atoms with van der Waals surface area (Å²) in [5, 5.41) is 10.6. The predicted octanol–water partition coefficient (Wildman–Crippen LogP) is 5.93. The number of hydrogen-bond acceptors (Lipinski definition) is 2. The fraction of sp³-hybridized carbons (Fsp3) is 0.0769. The van der Waals surface area contributed by atoms with Gasteiger partial charge in [0.1, 0.15) is 17.5 Å². The molecule has 1 heterocycles. The molecule has 4 heteroatoms. The van der Waals surface area contributed by atoms with E-state index in [0.717, 1.165) is 22.2 Å². The van der Waals surface area contributed by atoms with Gasteiger partial charge < -0.3 is 4.57 Å². The lowest BCUT2D eigenvalue weighted by Gasteiger charge is -2.09. The first kappa shape index (κ1) is 19.4. The van der Waals surface area contributed by atoms with Crippen LogP contribution in [-0.4, -0.2) is 10.4 Å². The van der Waals surface area contributed by atoms with E-state index in [1.165, 1.54) is 6.07 Å². The molecule has 0 aliphatic rings. The Hall–Kier alpha value is -3.97. The average Bonchev–Trinajstić information content (AvgIpc) is 3.04. The molecular formula is C26H19FN2O. The normalized spacial score (nSPS) is 11.4. The molecule has 0 N–H and O–H groups in total. The van der Waals surface area contributed by atoms with Crippen LogP contribution in [0.4, 0.5) is 4.39 Å². The van der Waals surface area contributed by atoms with Gasteiger partial charge in [0, 0.05) is 33.3 Å². The zero-order chi connectivity index (χ0) is 21.1. The van der Waals surface area contributed by atoms with Crippen molar-refractivity contribution in [2.24, 2.45) is 0 Å². The highest BCUT2D eigenvalue weighted by Gasteiger charge is 2.17. The van der Waals surface area contributed by atoms with Crippen molar-refractivity contribution in [2.75, 3.05) is 0 Å². The Labute approximate surface area is 174 Å². The van der Waals surface area contributed by atoms with E-state index in [1.54, 1.807) is 42.5 Å². The minimum atomic E-state index is -0.316. The summed E-state index contributed by atoms with van der Waals surface area (Å²) in [5.41, 5.74) is 3.71. The Morgan fingerprint density at radius 1 is 1.00 bits per heavy atom. The molecule has 3 nitrogen and oxygen atoms in total. The van der Waals surface area contributed by atoms with Gasteiger partial charge in [-0.15, -0.1) is 0 Å². The second-order valence-electron chi connectivity index (χ2n) is 7.06. The van der Waals surface area contributed by atoms with Crippen molar-refractivity contribution >= 4 is 22.8 Å². The van der Waals surface area contributed by atoms with E-state index in [0.29, 0.717) is 17.7 Å². The van der Waals surface area contributed by atoms with Crippen molar-refractivity contribution in [3.8, 4) is 6.07 Å². The van der Waals surface area contributed by atoms with E-state index in [2.05, 4.69) is 6.07 Å². The van der Waals surface area contributed by atoms with E-state index in [1.807, 2.05) is 47.9 Å². The van der Waals surface area contributed by atoms with Crippen LogP contribution < -0.4 is 0 Å². The summed E-state index contributed by atoms with van der Waals surface area (Å²) in [7, 11) is 0. The number of nitrogens with zero attached hydrogens (tertiary/aromatic N) is 2. The monoisotopic (exact) mass is 394 g/mol. The third kappa shape index (κ3) is 3.54. The summed E-state index contributed by atoms with van der Waals surface area (Å²) in [5.74, 6) is -0.577. The van der Waals surface area contributed by atoms with Crippen molar-refractivity contribution in [2.45, 2.75) is 13.5 Å². The third-order valence-electron chi connectivity index (χ3n) is 5.26. The predicted molar refractivity (Wildman–Crippen MR) is 117 cm³/mol. The molecule has 0 aliphatic heterocycles. The molecule has 0 saturated carbocycles. The standard InChI is InChI=1S/C26H19FN2O/c1-18-23(15-21(16-28)26(30)19-9-3-2-4-10-19)22-12-6-8-14-25(22)29(18)17-20-11-5-7-13-24(20)27/h2-15H,17H2,1H3. The molecule has 0 spiro atoms. The lowest BCUT2D eigenvalue weighted by molar-refractivity contribution is 0.104. The third-order valence-corrected chi connectivity index (χ3v) is 5.26. The number of para-hydroxylation sites is 1. The first-order chi connectivity index (χ1) is 14.6. The number of fused-ring (bicyclic) bond motifs is 1.